The van der Waals surface area contributed by atoms with E-state index in [1.54, 1.807) is 0 Å². The fraction of sp³-hybridized carbons (Fsp3) is 0.250. The third-order valence-electron chi connectivity index (χ3n) is 1.54. The summed E-state index contributed by atoms with van der Waals surface area (Å²) >= 11 is 0.897. The van der Waals surface area contributed by atoms with E-state index in [1.807, 2.05) is 24.3 Å². The van der Waals surface area contributed by atoms with Crippen molar-refractivity contribution in [2.45, 2.75) is 11.3 Å². The Bertz CT molecular complexity index is 262. The van der Waals surface area contributed by atoms with Crippen LogP contribution in [-0.2, 0) is 15.8 Å². The van der Waals surface area contributed by atoms with Gasteiger partial charge in [-0.3, -0.25) is 5.04 Å². The van der Waals surface area contributed by atoms with Gasteiger partial charge in [0.1, 0.15) is 0 Å². The van der Waals surface area contributed by atoms with Crippen molar-refractivity contribution in [3.8, 4) is 0 Å². The molecule has 0 aliphatic rings. The first-order chi connectivity index (χ1) is 6.38. The van der Waals surface area contributed by atoms with Gasteiger partial charge in [0.25, 0.3) is 0 Å². The minimum absolute atomic E-state index is 0. The molecule has 0 aromatic heterocycles. The molecule has 0 amide bonds. The molecule has 0 saturated heterocycles. The molecule has 0 fully saturated rings. The zero-order valence-electron chi connectivity index (χ0n) is 7.93. The number of rotatable bonds is 5. The third-order valence-corrected chi connectivity index (χ3v) is 2.24. The molecule has 0 aliphatic heterocycles. The van der Waals surface area contributed by atoms with Crippen molar-refractivity contribution < 1.29 is 66.0 Å². The Morgan fingerprint density at radius 3 is 2.71 bits per heavy atom. The maximum atomic E-state index is 9.60. The average Bonchev–Trinajstić information content (AvgIpc) is 2.17. The molecule has 0 aliphatic carbocycles. The Hall–Kier alpha value is 1.05. The van der Waals surface area contributed by atoms with Crippen LogP contribution in [0, 0.1) is 0 Å². The van der Waals surface area contributed by atoms with Crippen molar-refractivity contribution >= 4 is 12.0 Å². The summed E-state index contributed by atoms with van der Waals surface area (Å²) in [4.78, 5) is 0.851. The van der Waals surface area contributed by atoms with E-state index in [0.29, 0.717) is 6.54 Å². The standard InChI is InChI=1S/C8H11NO3S.K/c9-6-5-7-3-1-2-4-8(7)13-12-11-10;/h1-4,10H,5-6,9H2;/q;+1/p-1. The van der Waals surface area contributed by atoms with Crippen molar-refractivity contribution in [2.75, 3.05) is 6.54 Å². The molecule has 72 valence electrons. The monoisotopic (exact) mass is 239 g/mol. The van der Waals surface area contributed by atoms with E-state index < -0.39 is 0 Å². The number of nitrogens with two attached hydrogens (primary N) is 1. The molecule has 0 unspecified atom stereocenters. The van der Waals surface area contributed by atoms with Crippen molar-refractivity contribution in [3.63, 3.8) is 0 Å². The second-order valence-electron chi connectivity index (χ2n) is 2.37. The van der Waals surface area contributed by atoms with Crippen LogP contribution < -0.4 is 62.4 Å². The first kappa shape index (κ1) is 15.0. The Morgan fingerprint density at radius 1 is 1.36 bits per heavy atom. The molecule has 14 heavy (non-hydrogen) atoms. The molecule has 0 spiro atoms. The second kappa shape index (κ2) is 9.29. The summed E-state index contributed by atoms with van der Waals surface area (Å²) in [5, 5.41) is 12.9. The van der Waals surface area contributed by atoms with Gasteiger partial charge >= 0.3 is 51.4 Å². The van der Waals surface area contributed by atoms with Gasteiger partial charge in [0.05, 0.1) is 12.0 Å². The summed E-state index contributed by atoms with van der Waals surface area (Å²) in [6.45, 7) is 0.565. The molecule has 0 heterocycles. The molecule has 0 saturated carbocycles. The maximum Gasteiger partial charge on any atom is 1.00 e. The summed E-state index contributed by atoms with van der Waals surface area (Å²) < 4.78 is 4.23. The van der Waals surface area contributed by atoms with Crippen LogP contribution >= 0.6 is 12.0 Å². The largest absolute Gasteiger partial charge is 1.00 e. The molecular formula is C8H10KNO3S. The van der Waals surface area contributed by atoms with Gasteiger partial charge in [0.15, 0.2) is 0 Å². The second-order valence-corrected chi connectivity index (χ2v) is 3.11. The van der Waals surface area contributed by atoms with E-state index in [-0.39, 0.29) is 51.4 Å². The summed E-state index contributed by atoms with van der Waals surface area (Å²) in [6, 6.07) is 7.54. The van der Waals surface area contributed by atoms with E-state index in [0.717, 1.165) is 28.9 Å². The Morgan fingerprint density at radius 2 is 2.07 bits per heavy atom. The molecule has 0 atom stereocenters. The fourth-order valence-electron chi connectivity index (χ4n) is 0.998. The van der Waals surface area contributed by atoms with Crippen LogP contribution in [0.2, 0.25) is 0 Å². The van der Waals surface area contributed by atoms with Crippen LogP contribution in [0.3, 0.4) is 0 Å². The summed E-state index contributed by atoms with van der Waals surface area (Å²) in [5.74, 6) is 0. The molecule has 0 radical (unpaired) electrons. The summed E-state index contributed by atoms with van der Waals surface area (Å²) in [6.07, 6.45) is 0.755. The zero-order chi connectivity index (χ0) is 9.52. The Kier molecular flexibility index (Phi) is 9.98. The first-order valence-electron chi connectivity index (χ1n) is 3.79. The molecular weight excluding hydrogens is 229 g/mol. The average molecular weight is 239 g/mol. The molecule has 1 rings (SSSR count). The van der Waals surface area contributed by atoms with Crippen molar-refractivity contribution in [3.05, 3.63) is 29.8 Å². The van der Waals surface area contributed by atoms with Crippen LogP contribution in [0.5, 0.6) is 0 Å². The fourth-order valence-corrected chi connectivity index (χ4v) is 1.51. The molecule has 2 N–H and O–H groups in total. The van der Waals surface area contributed by atoms with Crippen molar-refractivity contribution in [1.29, 1.82) is 0 Å². The van der Waals surface area contributed by atoms with E-state index in [9.17, 15) is 5.26 Å². The van der Waals surface area contributed by atoms with Gasteiger partial charge in [-0.1, -0.05) is 18.2 Å². The zero-order valence-corrected chi connectivity index (χ0v) is 11.9. The SMILES string of the molecule is NCCc1ccccc1SOO[O-].[K+]. The van der Waals surface area contributed by atoms with Gasteiger partial charge in [-0.15, -0.1) is 0 Å². The quantitative estimate of drug-likeness (QED) is 0.265. The minimum atomic E-state index is 0. The number of hydrogen-bond donors (Lipinski definition) is 1. The van der Waals surface area contributed by atoms with Gasteiger partial charge in [-0.05, 0) is 24.6 Å². The van der Waals surface area contributed by atoms with Gasteiger partial charge in [0.2, 0.25) is 0 Å². The van der Waals surface area contributed by atoms with Crippen LogP contribution in [0.15, 0.2) is 29.2 Å². The molecule has 1 aromatic rings. The molecule has 4 nitrogen and oxygen atoms in total. The predicted molar refractivity (Wildman–Crippen MR) is 47.2 cm³/mol. The number of hydrogen-bond acceptors (Lipinski definition) is 5. The van der Waals surface area contributed by atoms with Crippen molar-refractivity contribution in [2.24, 2.45) is 5.73 Å². The van der Waals surface area contributed by atoms with E-state index in [4.69, 9.17) is 5.73 Å². The normalized spacial score (nSPS) is 9.57. The maximum absolute atomic E-state index is 9.60. The summed E-state index contributed by atoms with van der Waals surface area (Å²) in [7, 11) is 0. The van der Waals surface area contributed by atoms with E-state index >= 15 is 0 Å². The van der Waals surface area contributed by atoms with E-state index in [1.165, 1.54) is 0 Å². The molecule has 0 bridgehead atoms. The minimum Gasteiger partial charge on any atom is -0.691 e. The first-order valence-corrected chi connectivity index (χ1v) is 4.53. The molecule has 6 heteroatoms. The summed E-state index contributed by atoms with van der Waals surface area (Å²) in [5.41, 5.74) is 6.46. The smallest absolute Gasteiger partial charge is 0.691 e. The van der Waals surface area contributed by atoms with E-state index in [2.05, 4.69) is 9.37 Å². The predicted octanol–water partition coefficient (Wildman–Crippen LogP) is -2.58. The topological polar surface area (TPSA) is 67.5 Å². The van der Waals surface area contributed by atoms with Crippen molar-refractivity contribution in [1.82, 2.24) is 0 Å². The van der Waals surface area contributed by atoms with Crippen LogP contribution in [0.4, 0.5) is 0 Å². The van der Waals surface area contributed by atoms with Crippen LogP contribution in [0.25, 0.3) is 0 Å². The third kappa shape index (κ3) is 5.22. The Balaban J connectivity index is 0.00000169. The van der Waals surface area contributed by atoms with Gasteiger partial charge in [0, 0.05) is 4.90 Å². The Labute approximate surface area is 130 Å². The van der Waals surface area contributed by atoms with Crippen LogP contribution in [0.1, 0.15) is 5.56 Å². The van der Waals surface area contributed by atoms with Crippen LogP contribution in [-0.4, -0.2) is 6.54 Å². The van der Waals surface area contributed by atoms with Gasteiger partial charge in [-0.25, -0.2) is 0 Å². The molecule has 1 aromatic carbocycles. The van der Waals surface area contributed by atoms with Gasteiger partial charge in [-0.2, -0.15) is 4.33 Å². The number of benzene rings is 1. The van der Waals surface area contributed by atoms with Gasteiger partial charge < -0.3 is 11.0 Å².